The number of benzene rings is 1. The van der Waals surface area contributed by atoms with E-state index in [0.717, 1.165) is 18.2 Å². The molecular weight excluding hydrogens is 477 g/mol. The van der Waals surface area contributed by atoms with Crippen LogP contribution in [0.25, 0.3) is 11.1 Å². The minimum atomic E-state index is -4.32. The van der Waals surface area contributed by atoms with Gasteiger partial charge in [0.2, 0.25) is 11.8 Å². The fraction of sp³-hybridized carbons (Fsp3) is 0.520. The summed E-state index contributed by atoms with van der Waals surface area (Å²) in [6.07, 6.45) is -3.80. The summed E-state index contributed by atoms with van der Waals surface area (Å²) in [5.41, 5.74) is 0.390. The Balaban J connectivity index is 1.66. The van der Waals surface area contributed by atoms with E-state index in [4.69, 9.17) is 0 Å². The number of carbonyl (C=O) groups is 1. The number of hydrogen-bond donors (Lipinski definition) is 1. The normalized spacial score (nSPS) is 23.2. The molecule has 10 heteroatoms. The molecule has 2 aliphatic rings. The van der Waals surface area contributed by atoms with E-state index < -0.39 is 47.4 Å². The standard InChI is InChI=1S/C25H25F7N2O/c26-17-5-6-20(27)19(13-17)18-9-12-33-21(14-7-10-24(28,29)11-8-14)22(18)34-23(35)15-1-3-16(4-2-15)25(30,31)32/h5-6,9,12-16H,1-4,7-8,10-11H2,(H,34,35)/t15-,16+. The van der Waals surface area contributed by atoms with Gasteiger partial charge in [0.05, 0.1) is 17.3 Å². The maximum atomic E-state index is 14.7. The van der Waals surface area contributed by atoms with Crippen molar-refractivity contribution in [3.05, 3.63) is 47.8 Å². The summed E-state index contributed by atoms with van der Waals surface area (Å²) in [7, 11) is 0. The first-order valence-electron chi connectivity index (χ1n) is 11.6. The zero-order valence-corrected chi connectivity index (χ0v) is 18.8. The Kier molecular flexibility index (Phi) is 7.11. The van der Waals surface area contributed by atoms with Crippen molar-refractivity contribution in [2.75, 3.05) is 5.32 Å². The van der Waals surface area contributed by atoms with Crippen LogP contribution in [0.3, 0.4) is 0 Å². The van der Waals surface area contributed by atoms with Crippen LogP contribution < -0.4 is 5.32 Å². The van der Waals surface area contributed by atoms with Crippen LogP contribution in [0.15, 0.2) is 30.5 Å². The maximum absolute atomic E-state index is 14.7. The third-order valence-electron chi connectivity index (χ3n) is 7.11. The van der Waals surface area contributed by atoms with Crippen LogP contribution in [0, 0.1) is 23.5 Å². The molecular formula is C25H25F7N2O. The van der Waals surface area contributed by atoms with Crippen molar-refractivity contribution in [1.29, 1.82) is 0 Å². The van der Waals surface area contributed by atoms with E-state index in [1.54, 1.807) is 0 Å². The van der Waals surface area contributed by atoms with Crippen LogP contribution in [-0.4, -0.2) is 23.0 Å². The van der Waals surface area contributed by atoms with E-state index >= 15 is 0 Å². The van der Waals surface area contributed by atoms with Gasteiger partial charge in [0.15, 0.2) is 0 Å². The number of aromatic nitrogens is 1. The molecule has 1 heterocycles. The van der Waals surface area contributed by atoms with Crippen LogP contribution in [0.2, 0.25) is 0 Å². The Morgan fingerprint density at radius 1 is 0.943 bits per heavy atom. The summed E-state index contributed by atoms with van der Waals surface area (Å²) in [6.45, 7) is 0. The highest BCUT2D eigenvalue weighted by atomic mass is 19.4. The molecule has 0 aliphatic heterocycles. The molecule has 3 nitrogen and oxygen atoms in total. The smallest absolute Gasteiger partial charge is 0.324 e. The van der Waals surface area contributed by atoms with E-state index in [9.17, 15) is 35.5 Å². The average Bonchev–Trinajstić information content (AvgIpc) is 2.80. The summed E-state index contributed by atoms with van der Waals surface area (Å²) in [5, 5.41) is 2.71. The number of pyridine rings is 1. The zero-order chi connectivity index (χ0) is 25.4. The Hall–Kier alpha value is -2.65. The summed E-state index contributed by atoms with van der Waals surface area (Å²) >= 11 is 0. The molecule has 1 amide bonds. The first-order valence-corrected chi connectivity index (χ1v) is 11.6. The van der Waals surface area contributed by atoms with Gasteiger partial charge in [-0.25, -0.2) is 17.6 Å². The minimum Gasteiger partial charge on any atom is -0.324 e. The van der Waals surface area contributed by atoms with Crippen molar-refractivity contribution < 1.29 is 35.5 Å². The van der Waals surface area contributed by atoms with Crippen LogP contribution in [0.1, 0.15) is 63.0 Å². The highest BCUT2D eigenvalue weighted by Gasteiger charge is 2.43. The largest absolute Gasteiger partial charge is 0.391 e. The molecule has 2 saturated carbocycles. The number of nitrogens with zero attached hydrogens (tertiary/aromatic N) is 1. The van der Waals surface area contributed by atoms with Crippen molar-refractivity contribution in [1.82, 2.24) is 4.98 Å². The van der Waals surface area contributed by atoms with Crippen molar-refractivity contribution in [3.8, 4) is 11.1 Å². The van der Waals surface area contributed by atoms with Gasteiger partial charge in [0, 0.05) is 42.0 Å². The van der Waals surface area contributed by atoms with Gasteiger partial charge >= 0.3 is 6.18 Å². The molecule has 35 heavy (non-hydrogen) atoms. The van der Waals surface area contributed by atoms with Crippen LogP contribution in [0.4, 0.5) is 36.4 Å². The second kappa shape index (κ2) is 9.78. The predicted molar refractivity (Wildman–Crippen MR) is 116 cm³/mol. The molecule has 1 N–H and O–H groups in total. The number of hydrogen-bond acceptors (Lipinski definition) is 2. The summed E-state index contributed by atoms with van der Waals surface area (Å²) in [5.74, 6) is -7.39. The molecule has 1 aromatic carbocycles. The van der Waals surface area contributed by atoms with Crippen molar-refractivity contribution in [2.45, 2.75) is 69.4 Å². The maximum Gasteiger partial charge on any atom is 0.391 e. The number of rotatable bonds is 4. The topological polar surface area (TPSA) is 42.0 Å². The molecule has 0 saturated heterocycles. The third kappa shape index (κ3) is 5.78. The lowest BCUT2D eigenvalue weighted by molar-refractivity contribution is -0.184. The molecule has 0 atom stereocenters. The average molecular weight is 502 g/mol. The molecule has 2 fully saturated rings. The number of halogens is 7. The van der Waals surface area contributed by atoms with E-state index in [0.29, 0.717) is 5.69 Å². The minimum absolute atomic E-state index is 0.0327. The van der Waals surface area contributed by atoms with E-state index in [1.165, 1.54) is 12.3 Å². The van der Waals surface area contributed by atoms with Gasteiger partial charge in [0.25, 0.3) is 0 Å². The quantitative estimate of drug-likeness (QED) is 0.437. The second-order valence-electron chi connectivity index (χ2n) is 9.45. The van der Waals surface area contributed by atoms with Crippen LogP contribution in [-0.2, 0) is 4.79 Å². The summed E-state index contributed by atoms with van der Waals surface area (Å²) in [4.78, 5) is 17.4. The first-order chi connectivity index (χ1) is 16.4. The van der Waals surface area contributed by atoms with Crippen molar-refractivity contribution >= 4 is 11.6 Å². The SMILES string of the molecule is O=C(Nc1c(-c2cc(F)ccc2F)ccnc1C1CCC(F)(F)CC1)[C@H]1CC[C@@H](C(F)(F)F)CC1. The molecule has 2 aliphatic carbocycles. The summed E-state index contributed by atoms with van der Waals surface area (Å²) < 4.78 is 95.1. The number of nitrogens with one attached hydrogen (secondary N) is 1. The van der Waals surface area contributed by atoms with Crippen LogP contribution in [0.5, 0.6) is 0 Å². The van der Waals surface area contributed by atoms with Gasteiger partial charge in [-0.1, -0.05) is 0 Å². The number of alkyl halides is 5. The number of carbonyl (C=O) groups excluding carboxylic acids is 1. The molecule has 4 rings (SSSR count). The first kappa shape index (κ1) is 25.4. The Bertz CT molecular complexity index is 1070. The predicted octanol–water partition coefficient (Wildman–Crippen LogP) is 7.63. The van der Waals surface area contributed by atoms with E-state index in [-0.39, 0.29) is 68.2 Å². The molecule has 190 valence electrons. The molecule has 0 radical (unpaired) electrons. The second-order valence-corrected chi connectivity index (χ2v) is 9.45. The lowest BCUT2D eigenvalue weighted by Crippen LogP contribution is -2.33. The number of anilines is 1. The Labute approximate surface area is 198 Å². The van der Waals surface area contributed by atoms with Gasteiger partial charge in [0.1, 0.15) is 11.6 Å². The number of amides is 1. The van der Waals surface area contributed by atoms with E-state index in [2.05, 4.69) is 10.3 Å². The Morgan fingerprint density at radius 2 is 1.60 bits per heavy atom. The van der Waals surface area contributed by atoms with Gasteiger partial charge < -0.3 is 5.32 Å². The van der Waals surface area contributed by atoms with Gasteiger partial charge in [-0.15, -0.1) is 0 Å². The van der Waals surface area contributed by atoms with E-state index in [1.807, 2.05) is 0 Å². The van der Waals surface area contributed by atoms with Gasteiger partial charge in [-0.05, 0) is 62.8 Å². The van der Waals surface area contributed by atoms with Gasteiger partial charge in [-0.2, -0.15) is 13.2 Å². The monoisotopic (exact) mass is 502 g/mol. The Morgan fingerprint density at radius 3 is 2.23 bits per heavy atom. The lowest BCUT2D eigenvalue weighted by atomic mass is 9.80. The highest BCUT2D eigenvalue weighted by molar-refractivity contribution is 5.97. The third-order valence-corrected chi connectivity index (χ3v) is 7.11. The zero-order valence-electron chi connectivity index (χ0n) is 18.8. The molecule has 0 unspecified atom stereocenters. The molecule has 0 bridgehead atoms. The summed E-state index contributed by atoms with van der Waals surface area (Å²) in [6, 6.07) is 4.25. The highest BCUT2D eigenvalue weighted by Crippen LogP contribution is 2.45. The fourth-order valence-corrected chi connectivity index (χ4v) is 5.07. The van der Waals surface area contributed by atoms with Crippen molar-refractivity contribution in [3.63, 3.8) is 0 Å². The van der Waals surface area contributed by atoms with Gasteiger partial charge in [-0.3, -0.25) is 9.78 Å². The van der Waals surface area contributed by atoms with Crippen molar-refractivity contribution in [2.24, 2.45) is 11.8 Å². The molecule has 1 aromatic heterocycles. The molecule has 0 spiro atoms. The lowest BCUT2D eigenvalue weighted by Gasteiger charge is -2.31. The molecule has 2 aromatic rings. The van der Waals surface area contributed by atoms with Crippen LogP contribution >= 0.6 is 0 Å². The fourth-order valence-electron chi connectivity index (χ4n) is 5.07.